The van der Waals surface area contributed by atoms with Gasteiger partial charge in [-0.2, -0.15) is 0 Å². The van der Waals surface area contributed by atoms with E-state index in [0.717, 1.165) is 0 Å². The van der Waals surface area contributed by atoms with E-state index in [1.54, 1.807) is 0 Å². The number of unbranched alkanes of at least 4 members (excludes halogenated alkanes) is 2. The molecule has 0 aromatic carbocycles. The largest absolute Gasteiger partial charge is 0.298 e. The molecule has 0 aliphatic rings. The summed E-state index contributed by atoms with van der Waals surface area (Å²) in [5.74, 6) is 0. The van der Waals surface area contributed by atoms with Crippen LogP contribution in [-0.4, -0.2) is 6.04 Å². The third kappa shape index (κ3) is 6.27. The van der Waals surface area contributed by atoms with Crippen LogP contribution in [-0.2, 0) is 0 Å². The summed E-state index contributed by atoms with van der Waals surface area (Å²) in [5, 5.41) is 3.14. The van der Waals surface area contributed by atoms with Gasteiger partial charge in [-0.1, -0.05) is 35.6 Å². The summed E-state index contributed by atoms with van der Waals surface area (Å²) >= 11 is 0. The lowest BCUT2D eigenvalue weighted by molar-refractivity contribution is 0.568. The zero-order valence-corrected chi connectivity index (χ0v) is 7.64. The molecule has 0 spiro atoms. The van der Waals surface area contributed by atoms with Gasteiger partial charge in [0, 0.05) is 6.04 Å². The molecule has 0 aromatic rings. The average Bonchev–Trinajstić information content (AvgIpc) is 1.89. The highest BCUT2D eigenvalue weighted by molar-refractivity contribution is 7.13. The van der Waals surface area contributed by atoms with Crippen molar-refractivity contribution >= 4 is 9.39 Å². The zero-order valence-electron chi connectivity index (χ0n) is 6.48. The first-order valence-electron chi connectivity index (χ1n) is 3.77. The molecule has 0 aliphatic carbocycles. The Labute approximate surface area is 60.9 Å². The van der Waals surface area contributed by atoms with Crippen LogP contribution in [0, 0.1) is 0 Å². The summed E-state index contributed by atoms with van der Waals surface area (Å²) in [4.78, 5) is 0. The maximum absolute atomic E-state index is 3.14. The maximum atomic E-state index is 3.14. The van der Waals surface area contributed by atoms with Crippen molar-refractivity contribution in [1.29, 1.82) is 0 Å². The zero-order chi connectivity index (χ0) is 7.11. The van der Waals surface area contributed by atoms with Crippen molar-refractivity contribution in [2.24, 2.45) is 0 Å². The first kappa shape index (κ1) is 9.39. The molecule has 56 valence electrons. The predicted octanol–water partition coefficient (Wildman–Crippen LogP) is 2.33. The van der Waals surface area contributed by atoms with E-state index in [-0.39, 0.29) is 0 Å². The van der Waals surface area contributed by atoms with Crippen LogP contribution in [0.4, 0.5) is 0 Å². The molecule has 0 radical (unpaired) electrons. The average molecular weight is 147 g/mol. The lowest BCUT2D eigenvalue weighted by Crippen LogP contribution is -2.14. The van der Waals surface area contributed by atoms with Gasteiger partial charge in [0.25, 0.3) is 0 Å². The molecule has 0 aliphatic heterocycles. The molecule has 2 atom stereocenters. The Morgan fingerprint density at radius 2 is 2.11 bits per heavy atom. The molecular formula is C7H18NP. The van der Waals surface area contributed by atoms with Crippen LogP contribution in [0.2, 0.25) is 0 Å². The Balaban J connectivity index is 2.88. The summed E-state index contributed by atoms with van der Waals surface area (Å²) in [6.45, 7) is 4.45. The first-order valence-corrected chi connectivity index (χ1v) is 4.35. The Bertz CT molecular complexity index is 56.9. The van der Waals surface area contributed by atoms with Crippen LogP contribution in [0.1, 0.15) is 39.5 Å². The molecular weight excluding hydrogens is 129 g/mol. The molecule has 1 nitrogen and oxygen atoms in total. The molecule has 0 rings (SSSR count). The molecule has 0 heterocycles. The van der Waals surface area contributed by atoms with Crippen LogP contribution in [0.3, 0.4) is 0 Å². The van der Waals surface area contributed by atoms with Crippen molar-refractivity contribution in [3.63, 3.8) is 0 Å². The van der Waals surface area contributed by atoms with E-state index >= 15 is 0 Å². The van der Waals surface area contributed by atoms with Gasteiger partial charge in [0.2, 0.25) is 0 Å². The SMILES string of the molecule is CCCCC[C@@H](C)NP. The minimum atomic E-state index is 0.668. The standard InChI is InChI=1S/C7H18NP/c1-3-4-5-6-7(2)8-9/h7-8H,3-6,9H2,1-2H3/t7-/m1/s1. The van der Waals surface area contributed by atoms with E-state index in [2.05, 4.69) is 28.3 Å². The molecule has 0 aromatic heterocycles. The van der Waals surface area contributed by atoms with E-state index in [1.165, 1.54) is 25.7 Å². The van der Waals surface area contributed by atoms with Crippen LogP contribution in [0.25, 0.3) is 0 Å². The van der Waals surface area contributed by atoms with Crippen molar-refractivity contribution in [2.45, 2.75) is 45.6 Å². The van der Waals surface area contributed by atoms with Gasteiger partial charge in [0.1, 0.15) is 0 Å². The van der Waals surface area contributed by atoms with Crippen LogP contribution >= 0.6 is 9.39 Å². The van der Waals surface area contributed by atoms with Gasteiger partial charge in [-0.25, -0.2) is 0 Å². The minimum absolute atomic E-state index is 0.668. The fourth-order valence-corrected chi connectivity index (χ4v) is 0.951. The second-order valence-corrected chi connectivity index (χ2v) is 2.90. The molecule has 0 bridgehead atoms. The van der Waals surface area contributed by atoms with Crippen LogP contribution in [0.5, 0.6) is 0 Å². The van der Waals surface area contributed by atoms with Crippen LogP contribution < -0.4 is 5.09 Å². The van der Waals surface area contributed by atoms with E-state index in [9.17, 15) is 0 Å². The second kappa shape index (κ2) is 6.51. The molecule has 1 N–H and O–H groups in total. The molecule has 9 heavy (non-hydrogen) atoms. The number of hydrogen-bond donors (Lipinski definition) is 1. The molecule has 0 amide bonds. The highest BCUT2D eigenvalue weighted by Gasteiger charge is 1.94. The number of hydrogen-bond acceptors (Lipinski definition) is 1. The smallest absolute Gasteiger partial charge is 0.00705 e. The lowest BCUT2D eigenvalue weighted by atomic mass is 10.1. The van der Waals surface area contributed by atoms with E-state index < -0.39 is 0 Å². The van der Waals surface area contributed by atoms with E-state index in [4.69, 9.17) is 0 Å². The Hall–Kier alpha value is 0.390. The summed E-state index contributed by atoms with van der Waals surface area (Å²) in [7, 11) is 2.55. The quantitative estimate of drug-likeness (QED) is 0.465. The third-order valence-corrected chi connectivity index (χ3v) is 2.09. The van der Waals surface area contributed by atoms with Crippen molar-refractivity contribution in [3.05, 3.63) is 0 Å². The van der Waals surface area contributed by atoms with Gasteiger partial charge in [-0.3, -0.25) is 5.09 Å². The molecule has 0 saturated carbocycles. The molecule has 2 heteroatoms. The van der Waals surface area contributed by atoms with Gasteiger partial charge in [0.15, 0.2) is 0 Å². The van der Waals surface area contributed by atoms with Gasteiger partial charge in [-0.05, 0) is 13.3 Å². The molecule has 0 saturated heterocycles. The van der Waals surface area contributed by atoms with E-state index in [1.807, 2.05) is 0 Å². The van der Waals surface area contributed by atoms with Gasteiger partial charge < -0.3 is 0 Å². The summed E-state index contributed by atoms with van der Waals surface area (Å²) in [6.07, 6.45) is 5.36. The lowest BCUT2D eigenvalue weighted by Gasteiger charge is -2.07. The highest BCUT2D eigenvalue weighted by Crippen LogP contribution is 2.02. The van der Waals surface area contributed by atoms with Gasteiger partial charge in [-0.15, -0.1) is 0 Å². The molecule has 0 fully saturated rings. The second-order valence-electron chi connectivity index (χ2n) is 2.56. The third-order valence-electron chi connectivity index (χ3n) is 1.53. The monoisotopic (exact) mass is 147 g/mol. The highest BCUT2D eigenvalue weighted by atomic mass is 31.0. The number of nitrogens with one attached hydrogen (secondary N) is 1. The predicted molar refractivity (Wildman–Crippen MR) is 46.4 cm³/mol. The summed E-state index contributed by atoms with van der Waals surface area (Å²) < 4.78 is 0. The normalized spacial score (nSPS) is 13.7. The first-order chi connectivity index (χ1) is 4.31. The molecule has 1 unspecified atom stereocenters. The number of rotatable bonds is 5. The van der Waals surface area contributed by atoms with Gasteiger partial charge >= 0.3 is 0 Å². The van der Waals surface area contributed by atoms with E-state index in [0.29, 0.717) is 6.04 Å². The summed E-state index contributed by atoms with van der Waals surface area (Å²) in [6, 6.07) is 0.668. The van der Waals surface area contributed by atoms with Crippen molar-refractivity contribution in [1.82, 2.24) is 5.09 Å². The Morgan fingerprint density at radius 3 is 2.56 bits per heavy atom. The fraction of sp³-hybridized carbons (Fsp3) is 1.00. The Kier molecular flexibility index (Phi) is 6.79. The maximum Gasteiger partial charge on any atom is 0.00705 e. The topological polar surface area (TPSA) is 12.0 Å². The minimum Gasteiger partial charge on any atom is -0.298 e. The van der Waals surface area contributed by atoms with Crippen LogP contribution in [0.15, 0.2) is 0 Å². The summed E-state index contributed by atoms with van der Waals surface area (Å²) in [5.41, 5.74) is 0. The fourth-order valence-electron chi connectivity index (χ4n) is 0.784. The van der Waals surface area contributed by atoms with Crippen molar-refractivity contribution in [3.8, 4) is 0 Å². The van der Waals surface area contributed by atoms with Crippen molar-refractivity contribution < 1.29 is 0 Å². The Morgan fingerprint density at radius 1 is 1.44 bits per heavy atom. The van der Waals surface area contributed by atoms with Gasteiger partial charge in [0.05, 0.1) is 0 Å². The van der Waals surface area contributed by atoms with Crippen molar-refractivity contribution in [2.75, 3.05) is 0 Å².